The molecule has 0 aliphatic carbocycles. The van der Waals surface area contributed by atoms with Crippen LogP contribution in [0.5, 0.6) is 0 Å². The molecule has 2 aromatic rings. The maximum Gasteiger partial charge on any atom is 0.262 e. The minimum Gasteiger partial charge on any atom is -0.324 e. The summed E-state index contributed by atoms with van der Waals surface area (Å²) < 4.78 is 0. The highest BCUT2D eigenvalue weighted by Crippen LogP contribution is 2.25. The molecule has 3 amide bonds. The largest absolute Gasteiger partial charge is 0.324 e. The summed E-state index contributed by atoms with van der Waals surface area (Å²) >= 11 is 0. The molecule has 0 bridgehead atoms. The van der Waals surface area contributed by atoms with E-state index >= 15 is 0 Å². The number of fused-ring (bicyclic) bond motifs is 1. The molecule has 2 aromatic carbocycles. The Kier molecular flexibility index (Phi) is 4.19. The van der Waals surface area contributed by atoms with Gasteiger partial charge in [0.1, 0.15) is 6.04 Å². The predicted octanol–water partition coefficient (Wildman–Crippen LogP) is 2.51. The smallest absolute Gasteiger partial charge is 0.262 e. The second-order valence-corrected chi connectivity index (χ2v) is 5.83. The van der Waals surface area contributed by atoms with Crippen LogP contribution in [-0.2, 0) is 4.79 Å². The zero-order valence-electron chi connectivity index (χ0n) is 13.8. The number of nitrogens with one attached hydrogen (secondary N) is 1. The number of carbonyl (C=O) groups is 4. The van der Waals surface area contributed by atoms with Crippen molar-refractivity contribution in [2.75, 3.05) is 5.32 Å². The number of Topliss-reactive ketones (excluding diaryl/α,β-unsaturated/α-hetero) is 1. The molecule has 0 fully saturated rings. The van der Waals surface area contributed by atoms with Gasteiger partial charge in [0.05, 0.1) is 11.1 Å². The molecule has 1 heterocycles. The molecule has 0 saturated heterocycles. The lowest BCUT2D eigenvalue weighted by atomic mass is 10.1. The SMILES string of the molecule is CC(=O)c1cccc(NC(=O)C(C)N2C(=O)c3ccccc3C2=O)c1. The van der Waals surface area contributed by atoms with Crippen molar-refractivity contribution >= 4 is 29.2 Å². The van der Waals surface area contributed by atoms with Crippen LogP contribution < -0.4 is 5.32 Å². The summed E-state index contributed by atoms with van der Waals surface area (Å²) in [5.41, 5.74) is 1.49. The topological polar surface area (TPSA) is 83.6 Å². The molecular weight excluding hydrogens is 320 g/mol. The van der Waals surface area contributed by atoms with Gasteiger partial charge in [-0.15, -0.1) is 0 Å². The highest BCUT2D eigenvalue weighted by atomic mass is 16.2. The molecule has 1 unspecified atom stereocenters. The van der Waals surface area contributed by atoms with Gasteiger partial charge in [0.15, 0.2) is 5.78 Å². The van der Waals surface area contributed by atoms with Crippen molar-refractivity contribution in [1.29, 1.82) is 0 Å². The van der Waals surface area contributed by atoms with E-state index in [1.807, 2.05) is 0 Å². The lowest BCUT2D eigenvalue weighted by molar-refractivity contribution is -0.119. The number of anilines is 1. The summed E-state index contributed by atoms with van der Waals surface area (Å²) in [5, 5.41) is 2.64. The normalized spacial score (nSPS) is 14.2. The Morgan fingerprint density at radius 3 is 2.12 bits per heavy atom. The van der Waals surface area contributed by atoms with E-state index in [1.165, 1.54) is 13.8 Å². The molecule has 1 aliphatic rings. The van der Waals surface area contributed by atoms with Crippen LogP contribution in [0.15, 0.2) is 48.5 Å². The first kappa shape index (κ1) is 16.6. The summed E-state index contributed by atoms with van der Waals surface area (Å²) in [6, 6.07) is 12.0. The second-order valence-electron chi connectivity index (χ2n) is 5.83. The lowest BCUT2D eigenvalue weighted by Gasteiger charge is -2.21. The Morgan fingerprint density at radius 1 is 0.960 bits per heavy atom. The monoisotopic (exact) mass is 336 g/mol. The first-order valence-corrected chi connectivity index (χ1v) is 7.79. The van der Waals surface area contributed by atoms with Gasteiger partial charge in [-0.2, -0.15) is 0 Å². The number of rotatable bonds is 4. The van der Waals surface area contributed by atoms with E-state index in [0.717, 1.165) is 4.90 Å². The highest BCUT2D eigenvalue weighted by Gasteiger charge is 2.40. The number of hydrogen-bond acceptors (Lipinski definition) is 4. The number of imide groups is 1. The van der Waals surface area contributed by atoms with E-state index in [9.17, 15) is 19.2 Å². The Bertz CT molecular complexity index is 869. The molecule has 0 spiro atoms. The van der Waals surface area contributed by atoms with Crippen molar-refractivity contribution in [1.82, 2.24) is 4.90 Å². The molecule has 1 N–H and O–H groups in total. The van der Waals surface area contributed by atoms with E-state index in [0.29, 0.717) is 22.4 Å². The molecule has 6 nitrogen and oxygen atoms in total. The van der Waals surface area contributed by atoms with Crippen molar-refractivity contribution in [3.8, 4) is 0 Å². The second kappa shape index (κ2) is 6.32. The van der Waals surface area contributed by atoms with Crippen LogP contribution >= 0.6 is 0 Å². The fourth-order valence-electron chi connectivity index (χ4n) is 2.74. The van der Waals surface area contributed by atoms with Crippen LogP contribution in [0.4, 0.5) is 5.69 Å². The van der Waals surface area contributed by atoms with Crippen molar-refractivity contribution in [2.24, 2.45) is 0 Å². The molecule has 3 rings (SSSR count). The predicted molar refractivity (Wildman–Crippen MR) is 91.5 cm³/mol. The lowest BCUT2D eigenvalue weighted by Crippen LogP contribution is -2.45. The van der Waals surface area contributed by atoms with Crippen molar-refractivity contribution < 1.29 is 19.2 Å². The summed E-state index contributed by atoms with van der Waals surface area (Å²) in [4.78, 5) is 49.7. The summed E-state index contributed by atoms with van der Waals surface area (Å²) in [7, 11) is 0. The molecule has 1 aliphatic heterocycles. The fraction of sp³-hybridized carbons (Fsp3) is 0.158. The van der Waals surface area contributed by atoms with Gasteiger partial charge in [0.25, 0.3) is 11.8 Å². The third-order valence-corrected chi connectivity index (χ3v) is 4.13. The highest BCUT2D eigenvalue weighted by molar-refractivity contribution is 6.23. The van der Waals surface area contributed by atoms with Crippen molar-refractivity contribution in [2.45, 2.75) is 19.9 Å². The minimum atomic E-state index is -0.978. The minimum absolute atomic E-state index is 0.121. The van der Waals surface area contributed by atoms with E-state index in [-0.39, 0.29) is 5.78 Å². The Hall–Kier alpha value is -3.28. The van der Waals surface area contributed by atoms with Crippen molar-refractivity contribution in [3.05, 3.63) is 65.2 Å². The molecule has 25 heavy (non-hydrogen) atoms. The van der Waals surface area contributed by atoms with Crippen LogP contribution in [0.1, 0.15) is 44.9 Å². The summed E-state index contributed by atoms with van der Waals surface area (Å²) in [6.45, 7) is 2.92. The van der Waals surface area contributed by atoms with Gasteiger partial charge in [-0.1, -0.05) is 24.3 Å². The quantitative estimate of drug-likeness (QED) is 0.687. The molecule has 0 radical (unpaired) electrons. The van der Waals surface area contributed by atoms with Crippen LogP contribution in [-0.4, -0.2) is 34.4 Å². The van der Waals surface area contributed by atoms with Crippen LogP contribution in [0.3, 0.4) is 0 Å². The van der Waals surface area contributed by atoms with Gasteiger partial charge in [0.2, 0.25) is 5.91 Å². The first-order valence-electron chi connectivity index (χ1n) is 7.79. The number of hydrogen-bond donors (Lipinski definition) is 1. The Balaban J connectivity index is 1.80. The number of nitrogens with zero attached hydrogens (tertiary/aromatic N) is 1. The third-order valence-electron chi connectivity index (χ3n) is 4.13. The molecule has 0 saturated carbocycles. The van der Waals surface area contributed by atoms with E-state index in [1.54, 1.807) is 48.5 Å². The van der Waals surface area contributed by atoms with Gasteiger partial charge < -0.3 is 5.32 Å². The summed E-state index contributed by atoms with van der Waals surface area (Å²) in [5.74, 6) is -1.60. The maximum atomic E-state index is 12.5. The van der Waals surface area contributed by atoms with E-state index in [2.05, 4.69) is 5.32 Å². The van der Waals surface area contributed by atoms with Gasteiger partial charge in [-0.3, -0.25) is 24.1 Å². The fourth-order valence-corrected chi connectivity index (χ4v) is 2.74. The Labute approximate surface area is 144 Å². The summed E-state index contributed by atoms with van der Waals surface area (Å²) in [6.07, 6.45) is 0. The first-order chi connectivity index (χ1) is 11.9. The Morgan fingerprint density at radius 2 is 1.56 bits per heavy atom. The molecule has 126 valence electrons. The van der Waals surface area contributed by atoms with Gasteiger partial charge in [0, 0.05) is 11.3 Å². The average molecular weight is 336 g/mol. The zero-order valence-corrected chi connectivity index (χ0v) is 13.8. The zero-order chi connectivity index (χ0) is 18.1. The number of ketones is 1. The number of carbonyl (C=O) groups excluding carboxylic acids is 4. The average Bonchev–Trinajstić information content (AvgIpc) is 2.86. The molecule has 0 aromatic heterocycles. The maximum absolute atomic E-state index is 12.5. The van der Waals surface area contributed by atoms with Gasteiger partial charge in [-0.25, -0.2) is 0 Å². The van der Waals surface area contributed by atoms with Crippen molar-refractivity contribution in [3.63, 3.8) is 0 Å². The molecular formula is C19H16N2O4. The number of amides is 3. The van der Waals surface area contributed by atoms with E-state index in [4.69, 9.17) is 0 Å². The van der Waals surface area contributed by atoms with E-state index < -0.39 is 23.8 Å². The molecule has 6 heteroatoms. The van der Waals surface area contributed by atoms with Crippen LogP contribution in [0.25, 0.3) is 0 Å². The van der Waals surface area contributed by atoms with Crippen LogP contribution in [0.2, 0.25) is 0 Å². The number of benzene rings is 2. The standard InChI is InChI=1S/C19H16N2O4/c1-11(17(23)20-14-7-5-6-13(10-14)12(2)22)21-18(24)15-8-3-4-9-16(15)19(21)25/h3-11H,1-2H3,(H,20,23). The molecule has 1 atom stereocenters. The van der Waals surface area contributed by atoms with Gasteiger partial charge in [-0.05, 0) is 38.1 Å². The third kappa shape index (κ3) is 2.94. The van der Waals surface area contributed by atoms with Gasteiger partial charge >= 0.3 is 0 Å². The van der Waals surface area contributed by atoms with Crippen LogP contribution in [0, 0.1) is 0 Å².